The summed E-state index contributed by atoms with van der Waals surface area (Å²) >= 11 is 6.95. The molecule has 1 amide bonds. The molecule has 1 N–H and O–H groups in total. The van der Waals surface area contributed by atoms with Crippen LogP contribution >= 0.6 is 22.9 Å². The molecular formula is C20H18ClN3O3S2. The van der Waals surface area contributed by atoms with Gasteiger partial charge in [-0.2, -0.15) is 0 Å². The van der Waals surface area contributed by atoms with Crippen LogP contribution in [0.15, 0.2) is 58.8 Å². The molecule has 1 aromatic heterocycles. The smallest absolute Gasteiger partial charge is 0.263 e. The van der Waals surface area contributed by atoms with Crippen LogP contribution < -0.4 is 9.62 Å². The number of amides is 1. The quantitative estimate of drug-likeness (QED) is 0.638. The second-order valence-electron chi connectivity index (χ2n) is 6.83. The zero-order valence-corrected chi connectivity index (χ0v) is 17.9. The highest BCUT2D eigenvalue weighted by molar-refractivity contribution is 7.93. The average molecular weight is 448 g/mol. The number of rotatable bonds is 5. The molecule has 0 spiro atoms. The molecule has 29 heavy (non-hydrogen) atoms. The molecule has 1 aliphatic heterocycles. The number of anilines is 2. The average Bonchev–Trinajstić information content (AvgIpc) is 3.24. The molecule has 9 heteroatoms. The van der Waals surface area contributed by atoms with Gasteiger partial charge in [-0.3, -0.25) is 9.52 Å². The van der Waals surface area contributed by atoms with Gasteiger partial charge in [0.15, 0.2) is 5.13 Å². The Kier molecular flexibility index (Phi) is 5.33. The Labute approximate surface area is 178 Å². The predicted molar refractivity (Wildman–Crippen MR) is 115 cm³/mol. The highest BCUT2D eigenvalue weighted by atomic mass is 35.5. The minimum Gasteiger partial charge on any atom is -0.309 e. The first-order valence-electron chi connectivity index (χ1n) is 8.96. The third-order valence-electron chi connectivity index (χ3n) is 4.71. The molecule has 0 bridgehead atoms. The normalized spacial score (nSPS) is 15.9. The van der Waals surface area contributed by atoms with Crippen LogP contribution in [0.3, 0.4) is 0 Å². The molecule has 0 aliphatic carbocycles. The topological polar surface area (TPSA) is 79.4 Å². The molecule has 0 fully saturated rings. The van der Waals surface area contributed by atoms with E-state index in [1.165, 1.54) is 24.3 Å². The number of hydrogen-bond donors (Lipinski definition) is 1. The molecule has 1 atom stereocenters. The Morgan fingerprint density at radius 2 is 1.97 bits per heavy atom. The number of para-hydroxylation sites is 1. The molecule has 3 aromatic rings. The van der Waals surface area contributed by atoms with Crippen LogP contribution in [0, 0.1) is 0 Å². The fraction of sp³-hybridized carbons (Fsp3) is 0.200. The van der Waals surface area contributed by atoms with Gasteiger partial charge < -0.3 is 4.90 Å². The van der Waals surface area contributed by atoms with E-state index in [0.717, 1.165) is 29.0 Å². The molecular weight excluding hydrogens is 430 g/mol. The number of halogens is 1. The highest BCUT2D eigenvalue weighted by Gasteiger charge is 2.30. The lowest BCUT2D eigenvalue weighted by Crippen LogP contribution is -2.36. The molecule has 0 saturated heterocycles. The zero-order chi connectivity index (χ0) is 20.6. The van der Waals surface area contributed by atoms with Gasteiger partial charge >= 0.3 is 0 Å². The second kappa shape index (κ2) is 7.78. The summed E-state index contributed by atoms with van der Waals surface area (Å²) in [5.74, 6) is -0.0557. The number of aromatic nitrogens is 1. The van der Waals surface area contributed by atoms with Gasteiger partial charge in [0, 0.05) is 22.1 Å². The van der Waals surface area contributed by atoms with Crippen molar-refractivity contribution in [3.63, 3.8) is 0 Å². The van der Waals surface area contributed by atoms with Crippen molar-refractivity contribution >= 4 is 49.7 Å². The lowest BCUT2D eigenvalue weighted by Gasteiger charge is -2.22. The van der Waals surface area contributed by atoms with E-state index in [1.54, 1.807) is 10.3 Å². The molecule has 1 aliphatic rings. The van der Waals surface area contributed by atoms with Gasteiger partial charge in [-0.1, -0.05) is 29.8 Å². The standard InChI is InChI=1S/C20H18ClN3O3S2/c1-13-10-14-4-2-3-5-18(14)24(13)19(25)11-16-12-28-20(22-16)23-29(26,27)17-8-6-15(21)7-9-17/h2-9,12-13H,10-11H2,1H3,(H,22,23)/t13-/m1/s1. The van der Waals surface area contributed by atoms with E-state index in [0.29, 0.717) is 10.7 Å². The molecule has 0 saturated carbocycles. The minimum absolute atomic E-state index is 0.0557. The molecule has 2 aromatic carbocycles. The maximum absolute atomic E-state index is 12.9. The Balaban J connectivity index is 1.47. The van der Waals surface area contributed by atoms with Crippen LogP contribution in [0.4, 0.5) is 10.8 Å². The Morgan fingerprint density at radius 3 is 2.72 bits per heavy atom. The Morgan fingerprint density at radius 1 is 1.24 bits per heavy atom. The van der Waals surface area contributed by atoms with Crippen molar-refractivity contribution in [1.29, 1.82) is 0 Å². The predicted octanol–water partition coefficient (Wildman–Crippen LogP) is 4.12. The SMILES string of the molecule is C[C@@H]1Cc2ccccc2N1C(=O)Cc1csc(NS(=O)(=O)c2ccc(Cl)cc2)n1. The van der Waals surface area contributed by atoms with E-state index in [1.807, 2.05) is 31.2 Å². The van der Waals surface area contributed by atoms with Crippen molar-refractivity contribution in [1.82, 2.24) is 4.98 Å². The number of hydrogen-bond acceptors (Lipinski definition) is 5. The summed E-state index contributed by atoms with van der Waals surface area (Å²) in [6.45, 7) is 2.02. The third kappa shape index (κ3) is 4.14. The first-order valence-corrected chi connectivity index (χ1v) is 11.7. The summed E-state index contributed by atoms with van der Waals surface area (Å²) in [5, 5.41) is 2.37. The van der Waals surface area contributed by atoms with Crippen molar-refractivity contribution in [2.45, 2.75) is 30.7 Å². The number of benzene rings is 2. The van der Waals surface area contributed by atoms with Gasteiger partial charge in [0.25, 0.3) is 10.0 Å². The number of carbonyl (C=O) groups excluding carboxylic acids is 1. The van der Waals surface area contributed by atoms with Gasteiger partial charge in [-0.15, -0.1) is 11.3 Å². The van der Waals surface area contributed by atoms with E-state index in [9.17, 15) is 13.2 Å². The number of thiazole rings is 1. The second-order valence-corrected chi connectivity index (χ2v) is 9.80. The van der Waals surface area contributed by atoms with Crippen LogP contribution in [0.5, 0.6) is 0 Å². The summed E-state index contributed by atoms with van der Waals surface area (Å²) < 4.78 is 27.4. The van der Waals surface area contributed by atoms with E-state index < -0.39 is 10.0 Å². The van der Waals surface area contributed by atoms with Gasteiger partial charge in [0.05, 0.1) is 17.0 Å². The summed E-state index contributed by atoms with van der Waals surface area (Å²) in [6.07, 6.45) is 0.933. The van der Waals surface area contributed by atoms with Gasteiger partial charge in [0.1, 0.15) is 0 Å². The Hall–Kier alpha value is -2.42. The maximum Gasteiger partial charge on any atom is 0.263 e. The molecule has 0 radical (unpaired) electrons. The molecule has 4 rings (SSSR count). The third-order valence-corrected chi connectivity index (χ3v) is 7.25. The van der Waals surface area contributed by atoms with Crippen molar-refractivity contribution < 1.29 is 13.2 Å². The summed E-state index contributed by atoms with van der Waals surface area (Å²) in [4.78, 5) is 19.1. The van der Waals surface area contributed by atoms with Crippen molar-refractivity contribution in [2.75, 3.05) is 9.62 Å². The van der Waals surface area contributed by atoms with E-state index in [2.05, 4.69) is 9.71 Å². The van der Waals surface area contributed by atoms with Gasteiger partial charge in [-0.05, 0) is 49.2 Å². The van der Waals surface area contributed by atoms with Crippen molar-refractivity contribution in [2.24, 2.45) is 0 Å². The zero-order valence-electron chi connectivity index (χ0n) is 15.5. The molecule has 0 unspecified atom stereocenters. The number of fused-ring (bicyclic) bond motifs is 1. The minimum atomic E-state index is -3.77. The van der Waals surface area contributed by atoms with Crippen LogP contribution in [-0.4, -0.2) is 25.4 Å². The number of nitrogens with zero attached hydrogens (tertiary/aromatic N) is 2. The van der Waals surface area contributed by atoms with Crippen LogP contribution in [-0.2, 0) is 27.7 Å². The van der Waals surface area contributed by atoms with Crippen molar-refractivity contribution in [3.05, 3.63) is 70.2 Å². The van der Waals surface area contributed by atoms with Crippen LogP contribution in [0.25, 0.3) is 0 Å². The van der Waals surface area contributed by atoms with Crippen molar-refractivity contribution in [3.8, 4) is 0 Å². The summed E-state index contributed by atoms with van der Waals surface area (Å²) in [6, 6.07) is 13.8. The highest BCUT2D eigenvalue weighted by Crippen LogP contribution is 2.32. The largest absolute Gasteiger partial charge is 0.309 e. The number of carbonyl (C=O) groups is 1. The first kappa shape index (κ1) is 19.9. The lowest BCUT2D eigenvalue weighted by atomic mass is 10.1. The van der Waals surface area contributed by atoms with Crippen LogP contribution in [0.2, 0.25) is 5.02 Å². The first-order chi connectivity index (χ1) is 13.8. The van der Waals surface area contributed by atoms with Gasteiger partial charge in [0.2, 0.25) is 5.91 Å². The fourth-order valence-electron chi connectivity index (χ4n) is 3.41. The van der Waals surface area contributed by atoms with Gasteiger partial charge in [-0.25, -0.2) is 13.4 Å². The van der Waals surface area contributed by atoms with E-state index >= 15 is 0 Å². The van der Waals surface area contributed by atoms with E-state index in [4.69, 9.17) is 11.6 Å². The molecule has 6 nitrogen and oxygen atoms in total. The van der Waals surface area contributed by atoms with Crippen LogP contribution in [0.1, 0.15) is 18.2 Å². The fourth-order valence-corrected chi connectivity index (χ4v) is 5.50. The Bertz CT molecular complexity index is 1160. The lowest BCUT2D eigenvalue weighted by molar-refractivity contribution is -0.118. The molecule has 2 heterocycles. The van der Waals surface area contributed by atoms with E-state index in [-0.39, 0.29) is 28.4 Å². The molecule has 150 valence electrons. The number of nitrogens with one attached hydrogen (secondary N) is 1. The summed E-state index contributed by atoms with van der Waals surface area (Å²) in [7, 11) is -3.77. The maximum atomic E-state index is 12.9. The monoisotopic (exact) mass is 447 g/mol. The summed E-state index contributed by atoms with van der Waals surface area (Å²) in [5.41, 5.74) is 2.62. The number of sulfonamides is 1.